The van der Waals surface area contributed by atoms with Gasteiger partial charge in [0.2, 0.25) is 0 Å². The molecule has 0 fully saturated rings. The lowest BCUT2D eigenvalue weighted by atomic mass is 10.3. The fourth-order valence-corrected chi connectivity index (χ4v) is 0.794. The molecule has 0 aliphatic rings. The molecule has 0 radical (unpaired) electrons. The third-order valence-corrected chi connectivity index (χ3v) is 1.37. The fourth-order valence-electron chi connectivity index (χ4n) is 0.794. The van der Waals surface area contributed by atoms with E-state index in [0.29, 0.717) is 11.9 Å². The highest BCUT2D eigenvalue weighted by molar-refractivity contribution is 5.25. The summed E-state index contributed by atoms with van der Waals surface area (Å²) in [5.74, 6) is 1.36. The zero-order valence-electron chi connectivity index (χ0n) is 6.92. The first-order valence-electron chi connectivity index (χ1n) is 3.76. The fraction of sp³-hybridized carbons (Fsp3) is 0.500. The molecule has 0 unspecified atom stereocenters. The number of furan rings is 1. The molecule has 0 saturated heterocycles. The minimum atomic E-state index is 0.473. The Bertz CT molecular complexity index is 218. The van der Waals surface area contributed by atoms with Gasteiger partial charge in [-0.1, -0.05) is 13.8 Å². The van der Waals surface area contributed by atoms with Crippen molar-refractivity contribution >= 4 is 5.88 Å². The van der Waals surface area contributed by atoms with Gasteiger partial charge in [0.15, 0.2) is 5.88 Å². The van der Waals surface area contributed by atoms with Crippen molar-refractivity contribution in [3.8, 4) is 0 Å². The first kappa shape index (κ1) is 8.14. The molecule has 0 aromatic carbocycles. The van der Waals surface area contributed by atoms with Crippen LogP contribution in [0.4, 0.5) is 5.88 Å². The van der Waals surface area contributed by atoms with E-state index in [4.69, 9.17) is 10.2 Å². The van der Waals surface area contributed by atoms with Gasteiger partial charge in [-0.05, 0) is 6.07 Å². The predicted octanol–water partition coefficient (Wildman–Crippen LogP) is 1.36. The number of nitrogens with one attached hydrogen (secondary N) is 1. The molecule has 1 aromatic rings. The zero-order valence-corrected chi connectivity index (χ0v) is 6.92. The third-order valence-electron chi connectivity index (χ3n) is 1.37. The van der Waals surface area contributed by atoms with Crippen molar-refractivity contribution in [3.05, 3.63) is 17.9 Å². The quantitative estimate of drug-likeness (QED) is 0.691. The molecule has 0 aliphatic heterocycles. The normalized spacial score (nSPS) is 10.8. The van der Waals surface area contributed by atoms with Gasteiger partial charge < -0.3 is 15.5 Å². The standard InChI is InChI=1S/C8H14N2O/c1-6(2)10-5-7-3-4-8(9)11-7/h3-4,6,10H,5,9H2,1-2H3. The Hall–Kier alpha value is -0.960. The van der Waals surface area contributed by atoms with Crippen molar-refractivity contribution < 1.29 is 4.42 Å². The maximum Gasteiger partial charge on any atom is 0.190 e. The molecule has 3 nitrogen and oxygen atoms in total. The van der Waals surface area contributed by atoms with Gasteiger partial charge in [-0.3, -0.25) is 0 Å². The maximum absolute atomic E-state index is 5.39. The van der Waals surface area contributed by atoms with Crippen LogP contribution in [0.15, 0.2) is 16.5 Å². The second kappa shape index (κ2) is 3.44. The van der Waals surface area contributed by atoms with Crippen LogP contribution < -0.4 is 11.1 Å². The molecule has 11 heavy (non-hydrogen) atoms. The molecular weight excluding hydrogens is 140 g/mol. The summed E-state index contributed by atoms with van der Waals surface area (Å²) in [5.41, 5.74) is 5.39. The van der Waals surface area contributed by atoms with Gasteiger partial charge in [0.05, 0.1) is 6.54 Å². The summed E-state index contributed by atoms with van der Waals surface area (Å²) in [5, 5.41) is 3.23. The van der Waals surface area contributed by atoms with E-state index in [1.54, 1.807) is 6.07 Å². The molecule has 0 atom stereocenters. The summed E-state index contributed by atoms with van der Waals surface area (Å²) in [6, 6.07) is 4.11. The molecule has 1 heterocycles. The average Bonchev–Trinajstić information content (AvgIpc) is 2.31. The van der Waals surface area contributed by atoms with Crippen LogP contribution in [0.2, 0.25) is 0 Å². The van der Waals surface area contributed by atoms with Gasteiger partial charge in [-0.2, -0.15) is 0 Å². The third kappa shape index (κ3) is 2.63. The lowest BCUT2D eigenvalue weighted by Gasteiger charge is -2.04. The van der Waals surface area contributed by atoms with Crippen LogP contribution in [0, 0.1) is 0 Å². The maximum atomic E-state index is 5.39. The number of rotatable bonds is 3. The van der Waals surface area contributed by atoms with Gasteiger partial charge in [0.1, 0.15) is 5.76 Å². The number of nitrogen functional groups attached to an aromatic ring is 1. The highest BCUT2D eigenvalue weighted by Gasteiger charge is 1.98. The number of nitrogens with two attached hydrogens (primary N) is 1. The molecule has 0 amide bonds. The van der Waals surface area contributed by atoms with Crippen molar-refractivity contribution in [3.63, 3.8) is 0 Å². The topological polar surface area (TPSA) is 51.2 Å². The summed E-state index contributed by atoms with van der Waals surface area (Å²) in [4.78, 5) is 0. The molecule has 3 heteroatoms. The van der Waals surface area contributed by atoms with E-state index in [9.17, 15) is 0 Å². The summed E-state index contributed by atoms with van der Waals surface area (Å²) in [6.07, 6.45) is 0. The van der Waals surface area contributed by atoms with Crippen LogP contribution in [0.5, 0.6) is 0 Å². The van der Waals surface area contributed by atoms with Crippen LogP contribution in [0.3, 0.4) is 0 Å². The molecule has 0 aliphatic carbocycles. The molecule has 1 rings (SSSR count). The lowest BCUT2D eigenvalue weighted by molar-refractivity contribution is 0.476. The van der Waals surface area contributed by atoms with Gasteiger partial charge >= 0.3 is 0 Å². The first-order valence-corrected chi connectivity index (χ1v) is 3.76. The largest absolute Gasteiger partial charge is 0.445 e. The SMILES string of the molecule is CC(C)NCc1ccc(N)o1. The Labute approximate surface area is 66.6 Å². The summed E-state index contributed by atoms with van der Waals surface area (Å²) < 4.78 is 5.15. The second-order valence-corrected chi connectivity index (χ2v) is 2.84. The Kier molecular flexibility index (Phi) is 2.54. The van der Waals surface area contributed by atoms with Gasteiger partial charge in [0, 0.05) is 12.1 Å². The minimum absolute atomic E-state index is 0.473. The van der Waals surface area contributed by atoms with Crippen LogP contribution in [-0.4, -0.2) is 6.04 Å². The molecule has 1 aromatic heterocycles. The Morgan fingerprint density at radius 1 is 1.55 bits per heavy atom. The zero-order chi connectivity index (χ0) is 8.27. The Balaban J connectivity index is 2.39. The molecule has 0 saturated carbocycles. The highest BCUT2D eigenvalue weighted by atomic mass is 16.4. The molecule has 0 spiro atoms. The molecule has 0 bridgehead atoms. The van der Waals surface area contributed by atoms with E-state index in [0.717, 1.165) is 12.3 Å². The van der Waals surface area contributed by atoms with E-state index in [-0.39, 0.29) is 0 Å². The van der Waals surface area contributed by atoms with Crippen molar-refractivity contribution in [2.45, 2.75) is 26.4 Å². The average molecular weight is 154 g/mol. The van der Waals surface area contributed by atoms with Gasteiger partial charge in [-0.15, -0.1) is 0 Å². The van der Waals surface area contributed by atoms with E-state index in [2.05, 4.69) is 19.2 Å². The van der Waals surface area contributed by atoms with Crippen LogP contribution in [-0.2, 0) is 6.54 Å². The molecule has 62 valence electrons. The van der Waals surface area contributed by atoms with E-state index >= 15 is 0 Å². The monoisotopic (exact) mass is 154 g/mol. The number of hydrogen-bond acceptors (Lipinski definition) is 3. The van der Waals surface area contributed by atoms with E-state index < -0.39 is 0 Å². The number of hydrogen-bond donors (Lipinski definition) is 2. The van der Waals surface area contributed by atoms with Crippen molar-refractivity contribution in [1.29, 1.82) is 0 Å². The smallest absolute Gasteiger partial charge is 0.190 e. The van der Waals surface area contributed by atoms with Crippen molar-refractivity contribution in [1.82, 2.24) is 5.32 Å². The summed E-state index contributed by atoms with van der Waals surface area (Å²) in [6.45, 7) is 4.92. The van der Waals surface area contributed by atoms with Gasteiger partial charge in [0.25, 0.3) is 0 Å². The van der Waals surface area contributed by atoms with Crippen LogP contribution >= 0.6 is 0 Å². The second-order valence-electron chi connectivity index (χ2n) is 2.84. The van der Waals surface area contributed by atoms with Gasteiger partial charge in [-0.25, -0.2) is 0 Å². The molecule has 3 N–H and O–H groups in total. The minimum Gasteiger partial charge on any atom is -0.445 e. The Morgan fingerprint density at radius 3 is 2.73 bits per heavy atom. The van der Waals surface area contributed by atoms with Crippen molar-refractivity contribution in [2.75, 3.05) is 5.73 Å². The van der Waals surface area contributed by atoms with Crippen LogP contribution in [0.25, 0.3) is 0 Å². The van der Waals surface area contributed by atoms with Crippen LogP contribution in [0.1, 0.15) is 19.6 Å². The summed E-state index contributed by atoms with van der Waals surface area (Å²) >= 11 is 0. The number of anilines is 1. The highest BCUT2D eigenvalue weighted by Crippen LogP contribution is 2.08. The summed E-state index contributed by atoms with van der Waals surface area (Å²) in [7, 11) is 0. The van der Waals surface area contributed by atoms with E-state index in [1.807, 2.05) is 6.07 Å². The first-order chi connectivity index (χ1) is 5.18. The van der Waals surface area contributed by atoms with E-state index in [1.165, 1.54) is 0 Å². The Morgan fingerprint density at radius 2 is 2.27 bits per heavy atom. The molecular formula is C8H14N2O. The lowest BCUT2D eigenvalue weighted by Crippen LogP contribution is -2.21. The predicted molar refractivity (Wildman–Crippen MR) is 45.1 cm³/mol. The van der Waals surface area contributed by atoms with Crippen molar-refractivity contribution in [2.24, 2.45) is 0 Å².